The highest BCUT2D eigenvalue weighted by Crippen LogP contribution is 2.36. The minimum absolute atomic E-state index is 0.148. The maximum atomic E-state index is 9.54. The lowest BCUT2D eigenvalue weighted by Crippen LogP contribution is -1.94. The lowest BCUT2D eigenvalue weighted by atomic mass is 10.1. The van der Waals surface area contributed by atoms with Crippen LogP contribution in [0.5, 0.6) is 5.75 Å². The molecule has 0 aliphatic heterocycles. The zero-order chi connectivity index (χ0) is 9.42. The Balaban J connectivity index is 2.85. The van der Waals surface area contributed by atoms with Crippen molar-refractivity contribution < 1.29 is 10.2 Å². The molecular formula is C9H9NO2S. The standard InChI is InChI=1S/C9H9NO2S/c10-8-5(4-11)3-7(12)9-6(8)1-2-13-9/h1-3,11-12H,4,10H2. The summed E-state index contributed by atoms with van der Waals surface area (Å²) in [6.45, 7) is -0.148. The van der Waals surface area contributed by atoms with Crippen molar-refractivity contribution in [2.45, 2.75) is 6.61 Å². The molecule has 1 heterocycles. The number of phenolic OH excluding ortho intramolecular Hbond substituents is 1. The van der Waals surface area contributed by atoms with Crippen molar-refractivity contribution in [3.05, 3.63) is 23.1 Å². The molecule has 0 amide bonds. The van der Waals surface area contributed by atoms with Crippen LogP contribution in [0.2, 0.25) is 0 Å². The molecule has 1 aromatic heterocycles. The van der Waals surface area contributed by atoms with Gasteiger partial charge < -0.3 is 15.9 Å². The maximum Gasteiger partial charge on any atom is 0.133 e. The second-order valence-corrected chi connectivity index (χ2v) is 3.71. The van der Waals surface area contributed by atoms with Crippen molar-refractivity contribution in [1.29, 1.82) is 0 Å². The van der Waals surface area contributed by atoms with Gasteiger partial charge in [0.1, 0.15) is 5.75 Å². The first-order chi connectivity index (χ1) is 6.24. The molecule has 4 heteroatoms. The van der Waals surface area contributed by atoms with Crippen LogP contribution in [0, 0.1) is 0 Å². The minimum atomic E-state index is -0.148. The van der Waals surface area contributed by atoms with E-state index in [0.717, 1.165) is 10.1 Å². The number of rotatable bonds is 1. The number of aromatic hydroxyl groups is 1. The fraction of sp³-hybridized carbons (Fsp3) is 0.111. The Bertz CT molecular complexity index is 450. The third-order valence-electron chi connectivity index (χ3n) is 2.02. The summed E-state index contributed by atoms with van der Waals surface area (Å²) >= 11 is 1.44. The normalized spacial score (nSPS) is 10.8. The van der Waals surface area contributed by atoms with Crippen molar-refractivity contribution in [3.63, 3.8) is 0 Å². The summed E-state index contributed by atoms with van der Waals surface area (Å²) in [4.78, 5) is 0. The highest BCUT2D eigenvalue weighted by molar-refractivity contribution is 7.17. The van der Waals surface area contributed by atoms with Gasteiger partial charge in [-0.3, -0.25) is 0 Å². The predicted molar refractivity (Wildman–Crippen MR) is 53.8 cm³/mol. The second kappa shape index (κ2) is 2.90. The Hall–Kier alpha value is -1.26. The van der Waals surface area contributed by atoms with Crippen LogP contribution in [0.25, 0.3) is 10.1 Å². The van der Waals surface area contributed by atoms with Crippen LogP contribution in [-0.2, 0) is 6.61 Å². The molecule has 0 saturated carbocycles. The van der Waals surface area contributed by atoms with E-state index < -0.39 is 0 Å². The molecule has 3 nitrogen and oxygen atoms in total. The van der Waals surface area contributed by atoms with Crippen LogP contribution < -0.4 is 5.73 Å². The number of thiophene rings is 1. The van der Waals surface area contributed by atoms with Gasteiger partial charge in [0.25, 0.3) is 0 Å². The number of aliphatic hydroxyl groups excluding tert-OH is 1. The predicted octanol–water partition coefficient (Wildman–Crippen LogP) is 1.68. The van der Waals surface area contributed by atoms with Crippen molar-refractivity contribution in [1.82, 2.24) is 0 Å². The van der Waals surface area contributed by atoms with Crippen LogP contribution in [0.15, 0.2) is 17.5 Å². The Morgan fingerprint density at radius 2 is 2.23 bits per heavy atom. The smallest absolute Gasteiger partial charge is 0.133 e. The van der Waals surface area contributed by atoms with Crippen LogP contribution in [0.4, 0.5) is 5.69 Å². The number of hydrogen-bond donors (Lipinski definition) is 3. The SMILES string of the molecule is Nc1c(CO)cc(O)c2sccc12. The van der Waals surface area contributed by atoms with Crippen LogP contribution in [0.3, 0.4) is 0 Å². The molecule has 13 heavy (non-hydrogen) atoms. The van der Waals surface area contributed by atoms with Gasteiger partial charge >= 0.3 is 0 Å². The highest BCUT2D eigenvalue weighted by atomic mass is 32.1. The number of nitrogens with two attached hydrogens (primary N) is 1. The number of hydrogen-bond acceptors (Lipinski definition) is 4. The molecule has 2 aromatic rings. The van der Waals surface area contributed by atoms with E-state index >= 15 is 0 Å². The second-order valence-electron chi connectivity index (χ2n) is 2.79. The van der Waals surface area contributed by atoms with E-state index in [2.05, 4.69) is 0 Å². The summed E-state index contributed by atoms with van der Waals surface area (Å²) in [6.07, 6.45) is 0. The number of fused-ring (bicyclic) bond motifs is 1. The van der Waals surface area contributed by atoms with Crippen LogP contribution >= 0.6 is 11.3 Å². The number of anilines is 1. The van der Waals surface area contributed by atoms with Gasteiger partial charge in [0.2, 0.25) is 0 Å². The summed E-state index contributed by atoms with van der Waals surface area (Å²) in [5, 5.41) is 21.2. The molecule has 0 atom stereocenters. The minimum Gasteiger partial charge on any atom is -0.506 e. The Morgan fingerprint density at radius 3 is 2.92 bits per heavy atom. The zero-order valence-corrected chi connectivity index (χ0v) is 7.64. The molecular weight excluding hydrogens is 186 g/mol. The topological polar surface area (TPSA) is 66.5 Å². The molecule has 0 unspecified atom stereocenters. The third-order valence-corrected chi connectivity index (χ3v) is 2.95. The van der Waals surface area contributed by atoms with Gasteiger partial charge in [-0.1, -0.05) is 0 Å². The number of phenols is 1. The van der Waals surface area contributed by atoms with Gasteiger partial charge in [-0.05, 0) is 17.5 Å². The summed E-state index contributed by atoms with van der Waals surface area (Å²) in [6, 6.07) is 3.35. The summed E-state index contributed by atoms with van der Waals surface area (Å²) < 4.78 is 0.773. The van der Waals surface area contributed by atoms with E-state index in [1.54, 1.807) is 0 Å². The summed E-state index contributed by atoms with van der Waals surface area (Å²) in [5.74, 6) is 0.184. The van der Waals surface area contributed by atoms with E-state index in [1.165, 1.54) is 17.4 Å². The van der Waals surface area contributed by atoms with Crippen molar-refractivity contribution in [2.75, 3.05) is 5.73 Å². The maximum absolute atomic E-state index is 9.54. The van der Waals surface area contributed by atoms with Crippen molar-refractivity contribution in [3.8, 4) is 5.75 Å². The van der Waals surface area contributed by atoms with Crippen molar-refractivity contribution in [2.24, 2.45) is 0 Å². The Labute approximate surface area is 79.0 Å². The molecule has 0 spiro atoms. The highest BCUT2D eigenvalue weighted by Gasteiger charge is 2.09. The van der Waals surface area contributed by atoms with Gasteiger partial charge in [-0.15, -0.1) is 11.3 Å². The molecule has 0 bridgehead atoms. The molecule has 1 aromatic carbocycles. The van der Waals surface area contributed by atoms with Crippen LogP contribution in [0.1, 0.15) is 5.56 Å². The largest absolute Gasteiger partial charge is 0.506 e. The molecule has 0 radical (unpaired) electrons. The van der Waals surface area contributed by atoms with E-state index in [9.17, 15) is 5.11 Å². The van der Waals surface area contributed by atoms with E-state index in [1.807, 2.05) is 11.4 Å². The van der Waals surface area contributed by atoms with Crippen molar-refractivity contribution >= 4 is 27.1 Å². The lowest BCUT2D eigenvalue weighted by molar-refractivity contribution is 0.282. The zero-order valence-electron chi connectivity index (χ0n) is 6.82. The van der Waals surface area contributed by atoms with E-state index in [-0.39, 0.29) is 12.4 Å². The first kappa shape index (κ1) is 8.34. The fourth-order valence-corrected chi connectivity index (χ4v) is 2.16. The summed E-state index contributed by atoms with van der Waals surface area (Å²) in [5.41, 5.74) is 6.90. The molecule has 68 valence electrons. The first-order valence-electron chi connectivity index (χ1n) is 3.82. The molecule has 2 rings (SSSR count). The lowest BCUT2D eigenvalue weighted by Gasteiger charge is -2.04. The van der Waals surface area contributed by atoms with Gasteiger partial charge in [0, 0.05) is 16.6 Å². The third kappa shape index (κ3) is 1.15. The van der Waals surface area contributed by atoms with Crippen LogP contribution in [-0.4, -0.2) is 10.2 Å². The number of aliphatic hydroxyl groups is 1. The quantitative estimate of drug-likeness (QED) is 0.479. The molecule has 4 N–H and O–H groups in total. The van der Waals surface area contributed by atoms with E-state index in [4.69, 9.17) is 10.8 Å². The number of benzene rings is 1. The monoisotopic (exact) mass is 195 g/mol. The average molecular weight is 195 g/mol. The van der Waals surface area contributed by atoms with E-state index in [0.29, 0.717) is 11.3 Å². The summed E-state index contributed by atoms with van der Waals surface area (Å²) in [7, 11) is 0. The van der Waals surface area contributed by atoms with Gasteiger partial charge in [0.05, 0.1) is 11.3 Å². The first-order valence-corrected chi connectivity index (χ1v) is 4.70. The van der Waals surface area contributed by atoms with Gasteiger partial charge in [-0.25, -0.2) is 0 Å². The van der Waals surface area contributed by atoms with Gasteiger partial charge in [0.15, 0.2) is 0 Å². The molecule has 0 saturated heterocycles. The Morgan fingerprint density at radius 1 is 1.46 bits per heavy atom. The van der Waals surface area contributed by atoms with Gasteiger partial charge in [-0.2, -0.15) is 0 Å². The average Bonchev–Trinajstić information content (AvgIpc) is 2.60. The molecule has 0 fully saturated rings. The molecule has 0 aliphatic carbocycles. The number of nitrogen functional groups attached to an aromatic ring is 1. The molecule has 0 aliphatic rings. The Kier molecular flexibility index (Phi) is 1.86. The fourth-order valence-electron chi connectivity index (χ4n) is 1.33.